The second-order valence-corrected chi connectivity index (χ2v) is 8.48. The Morgan fingerprint density at radius 3 is 2.44 bits per heavy atom. The molecule has 0 radical (unpaired) electrons. The largest absolute Gasteiger partial charge is 0.378 e. The molecule has 0 spiro atoms. The fraction of sp³-hybridized carbons (Fsp3) is 0.391. The van der Waals surface area contributed by atoms with Gasteiger partial charge in [-0.15, -0.1) is 5.10 Å². The predicted molar refractivity (Wildman–Crippen MR) is 117 cm³/mol. The molecule has 0 bridgehead atoms. The van der Waals surface area contributed by atoms with E-state index in [9.17, 15) is 8.78 Å². The maximum atomic E-state index is 13.5. The lowest BCUT2D eigenvalue weighted by molar-refractivity contribution is -0.0774. The molecular formula is C23H26F2N6O. The third-order valence-corrected chi connectivity index (χ3v) is 5.95. The van der Waals surface area contributed by atoms with Crippen LogP contribution in [0.4, 0.5) is 20.4 Å². The van der Waals surface area contributed by atoms with Crippen LogP contribution in [-0.4, -0.2) is 70.0 Å². The van der Waals surface area contributed by atoms with E-state index in [-0.39, 0.29) is 5.69 Å². The molecule has 2 aromatic carbocycles. The topological polar surface area (TPSA) is 58.5 Å². The maximum absolute atomic E-state index is 13.5. The molecule has 3 heterocycles. The number of rotatable bonds is 6. The summed E-state index contributed by atoms with van der Waals surface area (Å²) in [5.74, 6) is -0.951. The Kier molecular flexibility index (Phi) is 5.86. The van der Waals surface area contributed by atoms with Crippen LogP contribution >= 0.6 is 0 Å². The molecule has 0 unspecified atom stereocenters. The molecule has 7 nitrogen and oxygen atoms in total. The Balaban J connectivity index is 1.24. The zero-order valence-corrected chi connectivity index (χ0v) is 18.0. The summed E-state index contributed by atoms with van der Waals surface area (Å²) in [6.07, 6.45) is 1.43. The van der Waals surface area contributed by atoms with Gasteiger partial charge in [0.15, 0.2) is 0 Å². The van der Waals surface area contributed by atoms with Crippen LogP contribution in [0.3, 0.4) is 0 Å². The highest BCUT2D eigenvalue weighted by atomic mass is 19.1. The Labute approximate surface area is 185 Å². The summed E-state index contributed by atoms with van der Waals surface area (Å²) in [5.41, 5.74) is 3.52. The SMILES string of the molecule is Cc1cc(CN2CCN(C3COC3)CC2)cc(Nc2ncn(-c3cc(F)cc(F)c3)n2)c1. The highest BCUT2D eigenvalue weighted by Gasteiger charge is 2.28. The molecule has 9 heteroatoms. The number of ether oxygens (including phenoxy) is 1. The van der Waals surface area contributed by atoms with Crippen LogP contribution in [0.2, 0.25) is 0 Å². The van der Waals surface area contributed by atoms with E-state index in [4.69, 9.17) is 4.74 Å². The number of aryl methyl sites for hydroxylation is 1. The van der Waals surface area contributed by atoms with Crippen molar-refractivity contribution >= 4 is 11.6 Å². The van der Waals surface area contributed by atoms with Gasteiger partial charge in [-0.2, -0.15) is 4.98 Å². The van der Waals surface area contributed by atoms with Crippen LogP contribution in [0.5, 0.6) is 0 Å². The first-order valence-corrected chi connectivity index (χ1v) is 10.8. The van der Waals surface area contributed by atoms with Gasteiger partial charge in [-0.25, -0.2) is 13.5 Å². The zero-order chi connectivity index (χ0) is 22.1. The Bertz CT molecular complexity index is 1070. The molecule has 2 fully saturated rings. The van der Waals surface area contributed by atoms with E-state index in [0.717, 1.165) is 63.3 Å². The smallest absolute Gasteiger partial charge is 0.246 e. The van der Waals surface area contributed by atoms with Crippen LogP contribution in [0.25, 0.3) is 5.69 Å². The maximum Gasteiger partial charge on any atom is 0.246 e. The van der Waals surface area contributed by atoms with E-state index in [0.29, 0.717) is 12.0 Å². The van der Waals surface area contributed by atoms with Gasteiger partial charge in [-0.1, -0.05) is 6.07 Å². The van der Waals surface area contributed by atoms with E-state index in [1.165, 1.54) is 28.7 Å². The Morgan fingerprint density at radius 2 is 1.75 bits per heavy atom. The minimum absolute atomic E-state index is 0.278. The highest BCUT2D eigenvalue weighted by molar-refractivity contribution is 5.56. The van der Waals surface area contributed by atoms with Gasteiger partial charge in [0.05, 0.1) is 24.9 Å². The second kappa shape index (κ2) is 8.93. The number of anilines is 2. The molecular weight excluding hydrogens is 414 g/mol. The fourth-order valence-electron chi connectivity index (χ4n) is 4.25. The summed E-state index contributed by atoms with van der Waals surface area (Å²) < 4.78 is 33.7. The number of hydrogen-bond acceptors (Lipinski definition) is 6. The summed E-state index contributed by atoms with van der Waals surface area (Å²) >= 11 is 0. The number of halogens is 2. The molecule has 0 aliphatic carbocycles. The van der Waals surface area contributed by atoms with Crippen LogP contribution in [0, 0.1) is 18.6 Å². The van der Waals surface area contributed by atoms with Crippen LogP contribution in [0.1, 0.15) is 11.1 Å². The van der Waals surface area contributed by atoms with Crippen molar-refractivity contribution in [3.8, 4) is 5.69 Å². The number of piperazine rings is 1. The molecule has 0 saturated carbocycles. The molecule has 1 aromatic heterocycles. The van der Waals surface area contributed by atoms with Crippen LogP contribution in [0.15, 0.2) is 42.7 Å². The van der Waals surface area contributed by atoms with Gasteiger partial charge < -0.3 is 10.1 Å². The lowest BCUT2D eigenvalue weighted by Crippen LogP contribution is -2.56. The number of nitrogens with one attached hydrogen (secondary N) is 1. The Morgan fingerprint density at radius 1 is 1.00 bits per heavy atom. The Hall–Kier alpha value is -2.88. The minimum atomic E-state index is -0.657. The van der Waals surface area contributed by atoms with Gasteiger partial charge in [0.1, 0.15) is 18.0 Å². The van der Waals surface area contributed by atoms with Gasteiger partial charge in [0, 0.05) is 44.5 Å². The quantitative estimate of drug-likeness (QED) is 0.636. The van der Waals surface area contributed by atoms with Crippen LogP contribution < -0.4 is 5.32 Å². The highest BCUT2D eigenvalue weighted by Crippen LogP contribution is 2.21. The molecule has 1 N–H and O–H groups in total. The first kappa shape index (κ1) is 21.0. The number of nitrogens with zero attached hydrogens (tertiary/aromatic N) is 5. The summed E-state index contributed by atoms with van der Waals surface area (Å²) in [7, 11) is 0. The molecule has 0 amide bonds. The third kappa shape index (κ3) is 4.79. The molecule has 2 aliphatic rings. The lowest BCUT2D eigenvalue weighted by atomic mass is 10.1. The molecule has 5 rings (SSSR count). The summed E-state index contributed by atoms with van der Waals surface area (Å²) in [5, 5.41) is 7.51. The van der Waals surface area contributed by atoms with Crippen molar-refractivity contribution in [3.63, 3.8) is 0 Å². The van der Waals surface area contributed by atoms with Gasteiger partial charge in [-0.05, 0) is 42.3 Å². The standard InChI is InChI=1S/C23H26F2N6O/c1-16-6-17(12-29-2-4-30(5-3-29)22-13-32-14-22)8-20(7-16)27-23-26-15-31(28-23)21-10-18(24)9-19(25)11-21/h6-11,15,22H,2-5,12-14H2,1H3,(H,27,28). The van der Waals surface area contributed by atoms with Crippen molar-refractivity contribution in [2.45, 2.75) is 19.5 Å². The molecule has 168 valence electrons. The van der Waals surface area contributed by atoms with Crippen molar-refractivity contribution < 1.29 is 13.5 Å². The summed E-state index contributed by atoms with van der Waals surface area (Å²) in [6.45, 7) is 8.92. The van der Waals surface area contributed by atoms with Crippen molar-refractivity contribution in [3.05, 3.63) is 65.5 Å². The summed E-state index contributed by atoms with van der Waals surface area (Å²) in [6, 6.07) is 10.2. The van der Waals surface area contributed by atoms with E-state index in [1.54, 1.807) is 0 Å². The molecule has 3 aromatic rings. The molecule has 0 atom stereocenters. The average molecular weight is 440 g/mol. The van der Waals surface area contributed by atoms with Gasteiger partial charge in [0.2, 0.25) is 5.95 Å². The normalized spacial score (nSPS) is 18.0. The van der Waals surface area contributed by atoms with Crippen molar-refractivity contribution in [1.29, 1.82) is 0 Å². The lowest BCUT2D eigenvalue weighted by Gasteiger charge is -2.42. The van der Waals surface area contributed by atoms with Gasteiger partial charge in [-0.3, -0.25) is 9.80 Å². The predicted octanol–water partition coefficient (Wildman–Crippen LogP) is 3.11. The van der Waals surface area contributed by atoms with Crippen LogP contribution in [-0.2, 0) is 11.3 Å². The van der Waals surface area contributed by atoms with Crippen molar-refractivity contribution in [2.75, 3.05) is 44.7 Å². The summed E-state index contributed by atoms with van der Waals surface area (Å²) in [4.78, 5) is 9.23. The van der Waals surface area contributed by atoms with E-state index < -0.39 is 11.6 Å². The monoisotopic (exact) mass is 440 g/mol. The van der Waals surface area contributed by atoms with E-state index in [2.05, 4.69) is 44.3 Å². The van der Waals surface area contributed by atoms with Crippen molar-refractivity contribution in [2.24, 2.45) is 0 Å². The number of aromatic nitrogens is 3. The first-order chi connectivity index (χ1) is 15.5. The minimum Gasteiger partial charge on any atom is -0.378 e. The average Bonchev–Trinajstić information content (AvgIpc) is 3.15. The number of benzene rings is 2. The van der Waals surface area contributed by atoms with E-state index >= 15 is 0 Å². The van der Waals surface area contributed by atoms with Crippen molar-refractivity contribution in [1.82, 2.24) is 24.6 Å². The zero-order valence-electron chi connectivity index (χ0n) is 18.0. The molecule has 2 aliphatic heterocycles. The number of hydrogen-bond donors (Lipinski definition) is 1. The second-order valence-electron chi connectivity index (χ2n) is 8.48. The van der Waals surface area contributed by atoms with Gasteiger partial charge in [0.25, 0.3) is 0 Å². The third-order valence-electron chi connectivity index (χ3n) is 5.95. The molecule has 32 heavy (non-hydrogen) atoms. The first-order valence-electron chi connectivity index (χ1n) is 10.8. The molecule has 2 saturated heterocycles. The fourth-order valence-corrected chi connectivity index (χ4v) is 4.25. The van der Waals surface area contributed by atoms with E-state index in [1.807, 2.05) is 6.07 Å². The van der Waals surface area contributed by atoms with Gasteiger partial charge >= 0.3 is 0 Å².